The molecule has 1 aliphatic rings. The van der Waals surface area contributed by atoms with Crippen LogP contribution in [0.25, 0.3) is 132 Å². The summed E-state index contributed by atoms with van der Waals surface area (Å²) in [4.78, 5) is 4.50. The molecule has 20 rings (SSSR count). The molecule has 514 valence electrons. The normalized spacial score (nSPS) is 12.5. The van der Waals surface area contributed by atoms with E-state index in [4.69, 9.17) is 17.7 Å². The van der Waals surface area contributed by atoms with Gasteiger partial charge in [-0.05, 0) is 182 Å². The van der Waals surface area contributed by atoms with Crippen LogP contribution in [-0.4, -0.2) is 17.2 Å². The summed E-state index contributed by atoms with van der Waals surface area (Å²) < 4.78 is 26.1. The van der Waals surface area contributed by atoms with E-state index in [1.54, 1.807) is 12.1 Å². The average Bonchev–Trinajstić information content (AvgIpc) is 1.58. The van der Waals surface area contributed by atoms with Gasteiger partial charge in [-0.3, -0.25) is 0 Å². The maximum Gasteiger partial charge on any atom is 0.488 e. The molecule has 0 radical (unpaired) electrons. The van der Waals surface area contributed by atoms with Crippen LogP contribution in [0.2, 0.25) is 0 Å². The Kier molecular flexibility index (Phi) is 18.4. The van der Waals surface area contributed by atoms with E-state index in [1.807, 2.05) is 91.0 Å². The highest BCUT2D eigenvalue weighted by Gasteiger charge is 2.24. The lowest BCUT2D eigenvalue weighted by molar-refractivity contribution is 0.426. The number of halogens is 1. The minimum Gasteiger partial charge on any atom is -0.455 e. The molecule has 8 nitrogen and oxygen atoms in total. The van der Waals surface area contributed by atoms with E-state index in [1.165, 1.54) is 33.4 Å². The van der Waals surface area contributed by atoms with Crippen LogP contribution in [0.3, 0.4) is 0 Å². The average molecular weight is 1450 g/mol. The van der Waals surface area contributed by atoms with E-state index in [0.717, 1.165) is 149 Å². The molecule has 4 heterocycles. The summed E-state index contributed by atoms with van der Waals surface area (Å²) >= 11 is 3.63. The summed E-state index contributed by atoms with van der Waals surface area (Å²) in [6.07, 6.45) is 9.67. The summed E-state index contributed by atoms with van der Waals surface area (Å²) in [5.74, 6) is 0.406. The fourth-order valence-electron chi connectivity index (χ4n) is 14.8. The quantitative estimate of drug-likeness (QED) is 0.117. The van der Waals surface area contributed by atoms with Crippen molar-refractivity contribution in [1.29, 1.82) is 0 Å². The molecule has 0 fully saturated rings. The van der Waals surface area contributed by atoms with Gasteiger partial charge in [-0.25, -0.2) is 0 Å². The molecular formula is C97H70BBrN2O6. The van der Waals surface area contributed by atoms with E-state index < -0.39 is 7.12 Å². The van der Waals surface area contributed by atoms with Gasteiger partial charge in [-0.2, -0.15) is 0 Å². The molecule has 107 heavy (non-hydrogen) atoms. The fourth-order valence-corrected chi connectivity index (χ4v) is 15.3. The van der Waals surface area contributed by atoms with Crippen molar-refractivity contribution < 1.29 is 27.7 Å². The van der Waals surface area contributed by atoms with Crippen molar-refractivity contribution in [2.75, 3.05) is 9.80 Å². The van der Waals surface area contributed by atoms with Crippen LogP contribution in [0.4, 0.5) is 34.1 Å². The Morgan fingerprint density at radius 3 is 1.05 bits per heavy atom. The van der Waals surface area contributed by atoms with Crippen LogP contribution in [0.1, 0.15) is 25.3 Å². The topological polar surface area (TPSA) is 99.5 Å². The Labute approximate surface area is 628 Å². The van der Waals surface area contributed by atoms with Crippen molar-refractivity contribution in [3.05, 3.63) is 380 Å². The molecule has 0 saturated heterocycles. The van der Waals surface area contributed by atoms with Crippen molar-refractivity contribution in [3.8, 4) is 44.5 Å². The van der Waals surface area contributed by atoms with Crippen LogP contribution in [0, 0.1) is 0 Å². The predicted octanol–water partition coefficient (Wildman–Crippen LogP) is 26.9. The first kappa shape index (κ1) is 67.2. The molecule has 0 spiro atoms. The van der Waals surface area contributed by atoms with Gasteiger partial charge in [0.1, 0.15) is 39.1 Å². The van der Waals surface area contributed by atoms with Crippen molar-refractivity contribution in [2.24, 2.45) is 0 Å². The molecule has 10 heteroatoms. The first-order chi connectivity index (χ1) is 52.3. The largest absolute Gasteiger partial charge is 0.488 e. The van der Waals surface area contributed by atoms with E-state index in [0.29, 0.717) is 11.4 Å². The lowest BCUT2D eigenvalue weighted by Gasteiger charge is -2.26. The molecule has 1 atom stereocenters. The summed E-state index contributed by atoms with van der Waals surface area (Å²) in [6.45, 7) is 0. The van der Waals surface area contributed by atoms with Gasteiger partial charge in [0.25, 0.3) is 0 Å². The van der Waals surface area contributed by atoms with Gasteiger partial charge in [0, 0.05) is 77.9 Å². The Bertz CT molecular complexity index is 6350. The van der Waals surface area contributed by atoms with Gasteiger partial charge in [-0.15, -0.1) is 0 Å². The summed E-state index contributed by atoms with van der Waals surface area (Å²) in [5, 5.41) is 27.6. The predicted molar refractivity (Wildman–Crippen MR) is 449 cm³/mol. The molecule has 0 aliphatic heterocycles. The number of fused-ring (bicyclic) bond motifs is 14. The smallest absolute Gasteiger partial charge is 0.455 e. The van der Waals surface area contributed by atoms with Crippen molar-refractivity contribution in [3.63, 3.8) is 0 Å². The molecule has 2 N–H and O–H groups in total. The van der Waals surface area contributed by atoms with Gasteiger partial charge < -0.3 is 37.5 Å². The van der Waals surface area contributed by atoms with E-state index in [9.17, 15) is 10.0 Å². The minimum atomic E-state index is -1.48. The number of hydrogen-bond acceptors (Lipinski definition) is 8. The summed E-state index contributed by atoms with van der Waals surface area (Å²) in [7, 11) is -1.48. The third kappa shape index (κ3) is 13.1. The number of para-hydroxylation sites is 4. The van der Waals surface area contributed by atoms with E-state index in [2.05, 4.69) is 293 Å². The third-order valence-electron chi connectivity index (χ3n) is 20.1. The zero-order valence-electron chi connectivity index (χ0n) is 57.4. The molecule has 15 aromatic carbocycles. The Balaban J connectivity index is 0.000000129. The van der Waals surface area contributed by atoms with Gasteiger partial charge in [0.05, 0.1) is 15.2 Å². The van der Waals surface area contributed by atoms with Crippen LogP contribution in [0.15, 0.2) is 392 Å². The number of allylic oxidation sites excluding steroid dienone is 4. The van der Waals surface area contributed by atoms with E-state index >= 15 is 0 Å². The van der Waals surface area contributed by atoms with E-state index in [-0.39, 0.29) is 7.43 Å². The number of anilines is 6. The summed E-state index contributed by atoms with van der Waals surface area (Å²) in [6, 6.07) is 119. The second kappa shape index (κ2) is 29.3. The molecule has 19 aromatic rings. The number of benzene rings is 15. The fraction of sp³-hybridized carbons (Fsp3) is 0.0309. The molecular weight excluding hydrogens is 1380 g/mol. The molecule has 0 saturated carbocycles. The highest BCUT2D eigenvalue weighted by molar-refractivity contribution is 9.10. The highest BCUT2D eigenvalue weighted by atomic mass is 79.9. The lowest BCUT2D eigenvalue weighted by atomic mass is 9.80. The number of nitrogens with zero attached hydrogens (tertiary/aromatic N) is 2. The molecule has 1 unspecified atom stereocenters. The van der Waals surface area contributed by atoms with Crippen LogP contribution >= 0.6 is 15.9 Å². The lowest BCUT2D eigenvalue weighted by Crippen LogP contribution is -2.29. The standard InChI is InChI=1S/C48H31NO2.C30H26BNO2.C18H9BrO2.CH4/c1-3-11-32(12-4-1)34-19-25-37(26-20-34)49(38-27-21-35(22-28-38)33-13-5-2-6-14-33)39-29-23-36(24-30-39)42-31-43-40-15-7-9-17-44(40)50-48(43)46-41-16-8-10-18-45(41)51-47(42)46;33-31(34)27-15-21-30(22-16-27)32(28-17-11-25(12-18-28)23-7-3-1-4-8-23)29-19-13-26(14-20-29)24-9-5-2-6-10-24;19-13-9-12-10-5-1-3-7-14(10)20-17(12)16-11-6-2-4-8-15(11)21-18(13)16;/h1-31H;1-9,11-22,24,33-34H,10H2;1-9H;1H4. The summed E-state index contributed by atoms with van der Waals surface area (Å²) in [5.41, 5.74) is 24.2. The second-order valence-electron chi connectivity index (χ2n) is 26.5. The van der Waals surface area contributed by atoms with Crippen molar-refractivity contribution in [1.82, 2.24) is 0 Å². The Morgan fingerprint density at radius 2 is 0.636 bits per heavy atom. The first-order valence-corrected chi connectivity index (χ1v) is 36.3. The highest BCUT2D eigenvalue weighted by Crippen LogP contribution is 2.47. The molecule has 0 bridgehead atoms. The van der Waals surface area contributed by atoms with Crippen LogP contribution < -0.4 is 15.3 Å². The van der Waals surface area contributed by atoms with Crippen LogP contribution in [-0.2, 0) is 0 Å². The minimum absolute atomic E-state index is 0. The van der Waals surface area contributed by atoms with Gasteiger partial charge >= 0.3 is 7.12 Å². The first-order valence-electron chi connectivity index (χ1n) is 35.5. The monoisotopic (exact) mass is 1450 g/mol. The number of rotatable bonds is 12. The van der Waals surface area contributed by atoms with Crippen LogP contribution in [0.5, 0.6) is 0 Å². The number of furan rings is 4. The SMILES string of the molecule is Brc1cc2c3ccccc3oc2c2c1oc1ccccc12.C.OB(O)c1ccc(N(c2ccc(-c3ccccc3)cc2)c2ccc(C3C=CC=CC3)cc2)cc1.c1ccc(-c2ccc(N(c3ccc(-c4ccccc4)cc3)c3ccc(-c4cc5c6ccccc6oc5c5c4oc4ccccc45)cc3)cc2)cc1. The molecule has 0 amide bonds. The zero-order chi connectivity index (χ0) is 71.0. The van der Waals surface area contributed by atoms with Crippen molar-refractivity contribution >= 4 is 150 Å². The Morgan fingerprint density at radius 1 is 0.308 bits per heavy atom. The van der Waals surface area contributed by atoms with Crippen molar-refractivity contribution in [2.45, 2.75) is 19.8 Å². The number of hydrogen-bond donors (Lipinski definition) is 2. The third-order valence-corrected chi connectivity index (χ3v) is 20.7. The second-order valence-corrected chi connectivity index (χ2v) is 27.4. The molecule has 4 aromatic heterocycles. The van der Waals surface area contributed by atoms with Gasteiger partial charge in [-0.1, -0.05) is 268 Å². The Hall–Kier alpha value is -13.0. The maximum absolute atomic E-state index is 9.51. The van der Waals surface area contributed by atoms with Gasteiger partial charge in [0.2, 0.25) is 0 Å². The molecule has 1 aliphatic carbocycles. The zero-order valence-corrected chi connectivity index (χ0v) is 59.0. The maximum atomic E-state index is 9.51. The van der Waals surface area contributed by atoms with Gasteiger partial charge in [0.15, 0.2) is 5.58 Å².